The van der Waals surface area contributed by atoms with Crippen LogP contribution >= 0.6 is 0 Å². The van der Waals surface area contributed by atoms with Crippen molar-refractivity contribution in [3.63, 3.8) is 0 Å². The highest BCUT2D eigenvalue weighted by molar-refractivity contribution is 7.85. The van der Waals surface area contributed by atoms with Crippen LogP contribution in [-0.4, -0.2) is 60.5 Å². The maximum atomic E-state index is 10.7. The third-order valence-corrected chi connectivity index (χ3v) is 5.21. The monoisotopic (exact) mass is 414 g/mol. The van der Waals surface area contributed by atoms with Crippen molar-refractivity contribution >= 4 is 21.2 Å². The molecule has 1 aromatic heterocycles. The third-order valence-electron chi connectivity index (χ3n) is 4.42. The predicted molar refractivity (Wildman–Crippen MR) is 109 cm³/mol. The molecule has 1 heterocycles. The number of hydrogen-bond acceptors (Lipinski definition) is 6. The van der Waals surface area contributed by atoms with E-state index in [4.69, 9.17) is 4.42 Å². The van der Waals surface area contributed by atoms with Crippen molar-refractivity contribution in [2.75, 3.05) is 32.9 Å². The Labute approximate surface area is 169 Å². The van der Waals surface area contributed by atoms with E-state index >= 15 is 0 Å². The van der Waals surface area contributed by atoms with Crippen molar-refractivity contribution < 1.29 is 27.0 Å². The van der Waals surface area contributed by atoms with Gasteiger partial charge in [-0.05, 0) is 36.3 Å². The van der Waals surface area contributed by atoms with Crippen LogP contribution in [0.4, 0.5) is 0 Å². The van der Waals surface area contributed by atoms with Crippen molar-refractivity contribution in [3.05, 3.63) is 48.0 Å². The molecule has 0 saturated carbocycles. The normalized spacial score (nSPS) is 12.0. The summed E-state index contributed by atoms with van der Waals surface area (Å²) in [7, 11) is -0.354. The number of rotatable bonds is 6. The highest BCUT2D eigenvalue weighted by Gasteiger charge is 2.14. The minimum absolute atomic E-state index is 0.0257. The van der Waals surface area contributed by atoms with E-state index in [1.54, 1.807) is 18.2 Å². The van der Waals surface area contributed by atoms with Crippen LogP contribution in [0, 0.1) is 11.8 Å². The number of oxazole rings is 1. The molecule has 7 nitrogen and oxygen atoms in total. The molecule has 0 aliphatic carbocycles. The molecule has 3 rings (SSSR count). The third kappa shape index (κ3) is 5.81. The smallest absolute Gasteiger partial charge is 0.231 e. The topological polar surface area (TPSA) is 103 Å². The molecular formula is C21H22N2O5S. The largest absolute Gasteiger partial charge is 0.748 e. The van der Waals surface area contributed by atoms with Gasteiger partial charge in [-0.3, -0.25) is 0 Å². The van der Waals surface area contributed by atoms with Gasteiger partial charge in [-0.2, -0.15) is 0 Å². The SMILES string of the molecule is C[N+](C)(CC#Cc1ccc(-c2nc3ccccc3o2)c(O)c1)CCCS(=O)(=O)[O-]. The van der Waals surface area contributed by atoms with Crippen molar-refractivity contribution in [2.24, 2.45) is 0 Å². The molecule has 0 bridgehead atoms. The number of phenolic OH excluding ortho intramolecular Hbond substituents is 1. The van der Waals surface area contributed by atoms with Gasteiger partial charge in [0.05, 0.1) is 36.3 Å². The van der Waals surface area contributed by atoms with Crippen molar-refractivity contribution in [1.29, 1.82) is 0 Å². The second-order valence-electron chi connectivity index (χ2n) is 7.45. The number of aromatic nitrogens is 1. The summed E-state index contributed by atoms with van der Waals surface area (Å²) in [6.45, 7) is 1.00. The fourth-order valence-corrected chi connectivity index (χ4v) is 3.36. The lowest BCUT2D eigenvalue weighted by Crippen LogP contribution is -2.41. The highest BCUT2D eigenvalue weighted by Crippen LogP contribution is 2.31. The maximum Gasteiger partial charge on any atom is 0.231 e. The fraction of sp³-hybridized carbons (Fsp3) is 0.286. The molecular weight excluding hydrogens is 392 g/mol. The summed E-state index contributed by atoms with van der Waals surface area (Å²) in [6, 6.07) is 12.4. The molecule has 0 fully saturated rings. The molecule has 2 aromatic carbocycles. The van der Waals surface area contributed by atoms with Gasteiger partial charge < -0.3 is 18.6 Å². The molecule has 29 heavy (non-hydrogen) atoms. The Balaban J connectivity index is 1.68. The molecule has 0 aliphatic heterocycles. The van der Waals surface area contributed by atoms with Crippen LogP contribution in [0.1, 0.15) is 12.0 Å². The van der Waals surface area contributed by atoms with Gasteiger partial charge >= 0.3 is 0 Å². The minimum atomic E-state index is -4.19. The van der Waals surface area contributed by atoms with Gasteiger partial charge in [-0.15, -0.1) is 0 Å². The minimum Gasteiger partial charge on any atom is -0.748 e. The van der Waals surface area contributed by atoms with Gasteiger partial charge in [-0.1, -0.05) is 18.1 Å². The Kier molecular flexibility index (Phi) is 5.94. The van der Waals surface area contributed by atoms with Crippen molar-refractivity contribution in [3.8, 4) is 29.0 Å². The molecule has 8 heteroatoms. The molecule has 0 atom stereocenters. The summed E-state index contributed by atoms with van der Waals surface area (Å²) in [5, 5.41) is 10.4. The van der Waals surface area contributed by atoms with E-state index in [1.165, 1.54) is 0 Å². The van der Waals surface area contributed by atoms with E-state index in [0.29, 0.717) is 46.6 Å². The summed E-state index contributed by atoms with van der Waals surface area (Å²) < 4.78 is 38.3. The molecule has 0 radical (unpaired) electrons. The maximum absolute atomic E-state index is 10.7. The second-order valence-corrected chi connectivity index (χ2v) is 8.98. The molecule has 0 spiro atoms. The Morgan fingerprint density at radius 1 is 1.21 bits per heavy atom. The van der Waals surface area contributed by atoms with Crippen molar-refractivity contribution in [2.45, 2.75) is 6.42 Å². The molecule has 152 valence electrons. The van der Waals surface area contributed by atoms with Crippen molar-refractivity contribution in [1.82, 2.24) is 4.98 Å². The summed E-state index contributed by atoms with van der Waals surface area (Å²) in [4.78, 5) is 4.38. The zero-order chi connectivity index (χ0) is 21.1. The van der Waals surface area contributed by atoms with E-state index in [9.17, 15) is 18.1 Å². The summed E-state index contributed by atoms with van der Waals surface area (Å²) in [5.74, 6) is 6.04. The molecule has 1 N–H and O–H groups in total. The number of aromatic hydroxyl groups is 1. The molecule has 0 amide bonds. The zero-order valence-corrected chi connectivity index (χ0v) is 17.1. The van der Waals surface area contributed by atoms with Gasteiger partial charge in [0.2, 0.25) is 5.89 Å². The highest BCUT2D eigenvalue weighted by atomic mass is 32.2. The quantitative estimate of drug-likeness (QED) is 0.378. The standard InChI is InChI=1S/C21H22N2O5S/c1-23(2,13-6-14-29(25,26)27)12-5-7-16-10-11-17(19(24)15-16)21-22-18-8-3-4-9-20(18)28-21/h3-4,8-11,15H,6,12-14H2,1-2H3,(H-,22,24,25,26,27). The summed E-state index contributed by atoms with van der Waals surface area (Å²) in [5.41, 5.74) is 2.50. The van der Waals surface area contributed by atoms with Crippen LogP contribution in [0.25, 0.3) is 22.6 Å². The van der Waals surface area contributed by atoms with Crippen LogP contribution in [0.2, 0.25) is 0 Å². The lowest BCUT2D eigenvalue weighted by atomic mass is 10.1. The van der Waals surface area contributed by atoms with Gasteiger partial charge in [0.1, 0.15) is 17.8 Å². The Bertz CT molecular complexity index is 1150. The first kappa shape index (κ1) is 20.9. The van der Waals surface area contributed by atoms with E-state index in [1.807, 2.05) is 38.4 Å². The van der Waals surface area contributed by atoms with Crippen LogP contribution in [0.3, 0.4) is 0 Å². The van der Waals surface area contributed by atoms with E-state index in [0.717, 1.165) is 5.52 Å². The Morgan fingerprint density at radius 2 is 1.97 bits per heavy atom. The van der Waals surface area contributed by atoms with Crippen LogP contribution in [0.5, 0.6) is 5.75 Å². The fourth-order valence-electron chi connectivity index (χ4n) is 2.88. The average molecular weight is 414 g/mol. The summed E-state index contributed by atoms with van der Waals surface area (Å²) >= 11 is 0. The Hall–Kier alpha value is -2.86. The van der Waals surface area contributed by atoms with Gasteiger partial charge in [-0.25, -0.2) is 13.4 Å². The first-order valence-corrected chi connectivity index (χ1v) is 10.6. The number of quaternary nitrogens is 1. The number of nitrogens with zero attached hydrogens (tertiary/aromatic N) is 2. The predicted octanol–water partition coefficient (Wildman–Crippen LogP) is 2.56. The first-order chi connectivity index (χ1) is 13.6. The Morgan fingerprint density at radius 3 is 2.66 bits per heavy atom. The van der Waals surface area contributed by atoms with Gasteiger partial charge in [0.15, 0.2) is 5.58 Å². The van der Waals surface area contributed by atoms with E-state index < -0.39 is 10.1 Å². The number of hydrogen-bond donors (Lipinski definition) is 1. The molecule has 0 unspecified atom stereocenters. The number of benzene rings is 2. The molecule has 0 aliphatic rings. The zero-order valence-electron chi connectivity index (χ0n) is 16.3. The van der Waals surface area contributed by atoms with Gasteiger partial charge in [0, 0.05) is 17.7 Å². The molecule has 3 aromatic rings. The lowest BCUT2D eigenvalue weighted by molar-refractivity contribution is -0.883. The number of para-hydroxylation sites is 2. The summed E-state index contributed by atoms with van der Waals surface area (Å²) in [6.07, 6.45) is 0.292. The van der Waals surface area contributed by atoms with Crippen LogP contribution < -0.4 is 0 Å². The van der Waals surface area contributed by atoms with Crippen LogP contribution in [-0.2, 0) is 10.1 Å². The first-order valence-electron chi connectivity index (χ1n) is 9.06. The van der Waals surface area contributed by atoms with E-state index in [2.05, 4.69) is 16.8 Å². The molecule has 0 saturated heterocycles. The average Bonchev–Trinajstić information content (AvgIpc) is 3.04. The lowest BCUT2D eigenvalue weighted by Gasteiger charge is -2.27. The number of phenols is 1. The van der Waals surface area contributed by atoms with Crippen LogP contribution in [0.15, 0.2) is 46.9 Å². The van der Waals surface area contributed by atoms with E-state index in [-0.39, 0.29) is 11.5 Å². The number of fused-ring (bicyclic) bond motifs is 1. The second kappa shape index (κ2) is 8.25. The van der Waals surface area contributed by atoms with Gasteiger partial charge in [0.25, 0.3) is 0 Å².